The van der Waals surface area contributed by atoms with Crippen molar-refractivity contribution in [2.75, 3.05) is 25.0 Å². The number of aliphatic imine (C=N–C) groups is 1. The molecule has 26 heavy (non-hydrogen) atoms. The van der Waals surface area contributed by atoms with E-state index >= 15 is 0 Å². The fourth-order valence-electron chi connectivity index (χ4n) is 2.78. The highest BCUT2D eigenvalue weighted by Crippen LogP contribution is 2.20. The van der Waals surface area contributed by atoms with Gasteiger partial charge in [-0.15, -0.1) is 24.0 Å². The molecule has 0 aliphatic carbocycles. The molecule has 1 aromatic heterocycles. The first-order valence-corrected chi connectivity index (χ1v) is 8.27. The van der Waals surface area contributed by atoms with Crippen LogP contribution in [0.1, 0.15) is 18.1 Å². The number of carbonyl (C=O) groups is 1. The molecule has 1 saturated heterocycles. The van der Waals surface area contributed by atoms with Gasteiger partial charge in [-0.25, -0.2) is 0 Å². The maximum atomic E-state index is 12.3. The zero-order chi connectivity index (χ0) is 17.6. The van der Waals surface area contributed by atoms with E-state index in [0.29, 0.717) is 43.6 Å². The largest absolute Gasteiger partial charge is 0.356 e. The highest BCUT2D eigenvalue weighted by atomic mass is 127. The summed E-state index contributed by atoms with van der Waals surface area (Å²) in [6.07, 6.45) is 1.06. The number of nitrogens with zero attached hydrogens (tertiary/aromatic N) is 4. The van der Waals surface area contributed by atoms with Gasteiger partial charge in [-0.3, -0.25) is 9.79 Å². The van der Waals surface area contributed by atoms with Crippen molar-refractivity contribution in [2.24, 2.45) is 4.99 Å². The number of amides is 1. The van der Waals surface area contributed by atoms with Crippen molar-refractivity contribution in [2.45, 2.75) is 25.8 Å². The molecule has 2 aromatic rings. The van der Waals surface area contributed by atoms with Gasteiger partial charge in [0.05, 0.1) is 6.04 Å². The van der Waals surface area contributed by atoms with Crippen LogP contribution < -0.4 is 15.5 Å². The molecule has 1 unspecified atom stereocenters. The van der Waals surface area contributed by atoms with Gasteiger partial charge in [0, 0.05) is 38.7 Å². The number of anilines is 1. The van der Waals surface area contributed by atoms with Crippen molar-refractivity contribution in [3.63, 3.8) is 0 Å². The van der Waals surface area contributed by atoms with E-state index in [1.165, 1.54) is 0 Å². The molecular weight excluding hydrogens is 447 g/mol. The first-order valence-electron chi connectivity index (χ1n) is 8.27. The lowest BCUT2D eigenvalue weighted by molar-refractivity contribution is -0.117. The van der Waals surface area contributed by atoms with E-state index in [2.05, 4.69) is 25.8 Å². The van der Waals surface area contributed by atoms with Crippen LogP contribution in [0, 0.1) is 6.92 Å². The number of benzene rings is 1. The molecule has 0 saturated carbocycles. The topological polar surface area (TPSA) is 95.6 Å². The van der Waals surface area contributed by atoms with Gasteiger partial charge in [-0.2, -0.15) is 4.98 Å². The van der Waals surface area contributed by atoms with Crippen LogP contribution in [0.15, 0.2) is 39.8 Å². The van der Waals surface area contributed by atoms with Crippen LogP contribution in [-0.2, 0) is 11.2 Å². The maximum absolute atomic E-state index is 12.3. The van der Waals surface area contributed by atoms with Gasteiger partial charge in [0.2, 0.25) is 11.8 Å². The summed E-state index contributed by atoms with van der Waals surface area (Å²) >= 11 is 0. The van der Waals surface area contributed by atoms with Crippen LogP contribution in [0.2, 0.25) is 0 Å². The number of rotatable bonds is 5. The summed E-state index contributed by atoms with van der Waals surface area (Å²) in [6, 6.07) is 9.71. The van der Waals surface area contributed by atoms with Crippen LogP contribution in [0.3, 0.4) is 0 Å². The summed E-state index contributed by atoms with van der Waals surface area (Å²) in [7, 11) is 1.71. The predicted molar refractivity (Wildman–Crippen MR) is 110 cm³/mol. The number of aryl methyl sites for hydroxylation is 1. The summed E-state index contributed by atoms with van der Waals surface area (Å²) in [5, 5.41) is 10.3. The third-order valence-electron chi connectivity index (χ3n) is 3.96. The summed E-state index contributed by atoms with van der Waals surface area (Å²) in [6.45, 7) is 3.02. The number of carbonyl (C=O) groups excluding carboxylic acids is 1. The molecule has 8 nitrogen and oxygen atoms in total. The van der Waals surface area contributed by atoms with Crippen molar-refractivity contribution >= 4 is 41.5 Å². The number of hydrogen-bond acceptors (Lipinski definition) is 5. The minimum absolute atomic E-state index is 0. The zero-order valence-corrected chi connectivity index (χ0v) is 17.1. The lowest BCUT2D eigenvalue weighted by Gasteiger charge is -2.18. The molecule has 1 fully saturated rings. The van der Waals surface area contributed by atoms with Gasteiger partial charge < -0.3 is 20.1 Å². The number of nitrogens with one attached hydrogen (secondary N) is 2. The Morgan fingerprint density at radius 2 is 2.15 bits per heavy atom. The first kappa shape index (κ1) is 20.1. The highest BCUT2D eigenvalue weighted by molar-refractivity contribution is 14.0. The minimum atomic E-state index is 0. The Labute approximate surface area is 169 Å². The Bertz CT molecular complexity index is 749. The fourth-order valence-corrected chi connectivity index (χ4v) is 2.78. The van der Waals surface area contributed by atoms with Crippen LogP contribution in [0.5, 0.6) is 0 Å². The van der Waals surface area contributed by atoms with Crippen molar-refractivity contribution in [3.8, 4) is 0 Å². The molecule has 2 heterocycles. The first-order chi connectivity index (χ1) is 12.2. The molecule has 0 radical (unpaired) electrons. The van der Waals surface area contributed by atoms with E-state index < -0.39 is 0 Å². The van der Waals surface area contributed by atoms with Crippen molar-refractivity contribution in [3.05, 3.63) is 42.0 Å². The standard InChI is InChI=1S/C17H22N6O2.HI/c1-12-20-15(25-22-12)8-9-19-17(18-2)21-13-10-16(24)23(11-13)14-6-4-3-5-7-14;/h3-7,13H,8-11H2,1-2H3,(H2,18,19,21);1H. The molecule has 1 amide bonds. The molecule has 3 rings (SSSR count). The third kappa shape index (κ3) is 5.16. The normalized spacial score (nSPS) is 17.2. The second-order valence-electron chi connectivity index (χ2n) is 5.87. The second kappa shape index (κ2) is 9.51. The molecule has 1 atom stereocenters. The van der Waals surface area contributed by atoms with Crippen LogP contribution in [0.25, 0.3) is 0 Å². The molecule has 140 valence electrons. The second-order valence-corrected chi connectivity index (χ2v) is 5.87. The molecule has 1 aromatic carbocycles. The lowest BCUT2D eigenvalue weighted by atomic mass is 10.2. The number of hydrogen-bond donors (Lipinski definition) is 2. The highest BCUT2D eigenvalue weighted by Gasteiger charge is 2.30. The van der Waals surface area contributed by atoms with Crippen molar-refractivity contribution < 1.29 is 9.32 Å². The van der Waals surface area contributed by atoms with E-state index in [1.807, 2.05) is 30.3 Å². The number of aromatic nitrogens is 2. The minimum Gasteiger partial charge on any atom is -0.356 e. The van der Waals surface area contributed by atoms with Gasteiger partial charge >= 0.3 is 0 Å². The van der Waals surface area contributed by atoms with E-state index in [9.17, 15) is 4.79 Å². The SMILES string of the molecule is CN=C(NCCc1nc(C)no1)NC1CC(=O)N(c2ccccc2)C1.I. The smallest absolute Gasteiger partial charge is 0.229 e. The molecule has 0 spiro atoms. The Morgan fingerprint density at radius 1 is 1.38 bits per heavy atom. The van der Waals surface area contributed by atoms with E-state index in [4.69, 9.17) is 4.52 Å². The van der Waals surface area contributed by atoms with Crippen molar-refractivity contribution in [1.29, 1.82) is 0 Å². The molecule has 1 aliphatic heterocycles. The van der Waals surface area contributed by atoms with Crippen LogP contribution >= 0.6 is 24.0 Å². The quantitative estimate of drug-likeness (QED) is 0.391. The Balaban J connectivity index is 0.00000243. The molecular formula is C17H23IN6O2. The van der Waals surface area contributed by atoms with Crippen molar-refractivity contribution in [1.82, 2.24) is 20.8 Å². The Morgan fingerprint density at radius 3 is 2.81 bits per heavy atom. The Kier molecular flexibility index (Phi) is 7.37. The van der Waals surface area contributed by atoms with Gasteiger partial charge in [0.1, 0.15) is 0 Å². The summed E-state index contributed by atoms with van der Waals surface area (Å²) in [5.74, 6) is 1.99. The maximum Gasteiger partial charge on any atom is 0.229 e. The Hall–Kier alpha value is -2.17. The molecule has 1 aliphatic rings. The average Bonchev–Trinajstić information content (AvgIpc) is 3.20. The van der Waals surface area contributed by atoms with Gasteiger partial charge in [0.15, 0.2) is 11.8 Å². The monoisotopic (exact) mass is 470 g/mol. The summed E-state index contributed by atoms with van der Waals surface area (Å²) in [4.78, 5) is 22.4. The van der Waals surface area contributed by atoms with E-state index in [0.717, 1.165) is 5.69 Å². The average molecular weight is 470 g/mol. The molecule has 2 N–H and O–H groups in total. The number of guanidine groups is 1. The molecule has 9 heteroatoms. The van der Waals surface area contributed by atoms with Gasteiger partial charge in [0.25, 0.3) is 0 Å². The predicted octanol–water partition coefficient (Wildman–Crippen LogP) is 1.51. The van der Waals surface area contributed by atoms with Gasteiger partial charge in [-0.1, -0.05) is 23.4 Å². The molecule has 0 bridgehead atoms. The summed E-state index contributed by atoms with van der Waals surface area (Å²) in [5.41, 5.74) is 0.923. The third-order valence-corrected chi connectivity index (χ3v) is 3.96. The number of halogens is 1. The van der Waals surface area contributed by atoms with E-state index in [1.54, 1.807) is 18.9 Å². The lowest BCUT2D eigenvalue weighted by Crippen LogP contribution is -2.45. The van der Waals surface area contributed by atoms with E-state index in [-0.39, 0.29) is 35.9 Å². The zero-order valence-electron chi connectivity index (χ0n) is 14.8. The fraction of sp³-hybridized carbons (Fsp3) is 0.412. The van der Waals surface area contributed by atoms with Crippen LogP contribution in [-0.4, -0.2) is 48.2 Å². The summed E-state index contributed by atoms with van der Waals surface area (Å²) < 4.78 is 5.08. The number of para-hydroxylation sites is 1. The van der Waals surface area contributed by atoms with Crippen LogP contribution in [0.4, 0.5) is 5.69 Å². The van der Waals surface area contributed by atoms with Gasteiger partial charge in [-0.05, 0) is 19.1 Å².